The fraction of sp³-hybridized carbons (Fsp3) is 0.800. The lowest BCUT2D eigenvalue weighted by Gasteiger charge is -2.18. The molecular weight excluding hydrogens is 242 g/mol. The maximum absolute atomic E-state index is 11.8. The molecule has 17 heavy (non-hydrogen) atoms. The Morgan fingerprint density at radius 1 is 1.35 bits per heavy atom. The predicted octanol–water partition coefficient (Wildman–Crippen LogP) is 0.681. The van der Waals surface area contributed by atoms with Gasteiger partial charge in [-0.15, -0.1) is 0 Å². The quantitative estimate of drug-likeness (QED) is 0.785. The Bertz CT molecular complexity index is 459. The summed E-state index contributed by atoms with van der Waals surface area (Å²) < 4.78 is 27.6. The van der Waals surface area contributed by atoms with Gasteiger partial charge in [-0.1, -0.05) is 5.16 Å². The first kappa shape index (κ1) is 14.1. The van der Waals surface area contributed by atoms with Crippen molar-refractivity contribution < 1.29 is 12.9 Å². The van der Waals surface area contributed by atoms with Crippen LogP contribution in [0.15, 0.2) is 4.52 Å². The molecule has 1 rings (SSSR count). The van der Waals surface area contributed by atoms with Crippen LogP contribution < -0.4 is 5.32 Å². The summed E-state index contributed by atoms with van der Waals surface area (Å²) in [6.45, 7) is 7.60. The van der Waals surface area contributed by atoms with E-state index < -0.39 is 14.6 Å². The number of hydrogen-bond acceptors (Lipinski definition) is 6. The van der Waals surface area contributed by atoms with Crippen molar-refractivity contribution in [2.75, 3.05) is 12.3 Å². The molecule has 0 aromatic carbocycles. The highest BCUT2D eigenvalue weighted by Crippen LogP contribution is 2.15. The number of nitrogens with zero attached hydrogens (tertiary/aromatic N) is 2. The minimum Gasteiger partial charge on any atom is -0.340 e. The summed E-state index contributed by atoms with van der Waals surface area (Å²) in [5.74, 6) is 1.15. The smallest absolute Gasteiger partial charge is 0.223 e. The van der Waals surface area contributed by atoms with E-state index in [9.17, 15) is 8.42 Å². The molecule has 1 aromatic rings. The van der Waals surface area contributed by atoms with Crippen LogP contribution in [0.1, 0.15) is 32.5 Å². The maximum Gasteiger partial charge on any atom is 0.223 e. The zero-order valence-corrected chi connectivity index (χ0v) is 11.5. The summed E-state index contributed by atoms with van der Waals surface area (Å²) in [5, 5.41) is 6.68. The average Bonchev–Trinajstić information content (AvgIpc) is 2.57. The van der Waals surface area contributed by atoms with Gasteiger partial charge in [-0.25, -0.2) is 8.42 Å². The second-order valence-corrected chi connectivity index (χ2v) is 7.70. The van der Waals surface area contributed by atoms with Crippen LogP contribution in [0, 0.1) is 6.92 Å². The number of aryl methyl sites for hydroxylation is 1. The summed E-state index contributed by atoms with van der Waals surface area (Å²) in [4.78, 5) is 4.00. The van der Waals surface area contributed by atoms with E-state index in [1.54, 1.807) is 27.7 Å². The highest BCUT2D eigenvalue weighted by atomic mass is 32.2. The van der Waals surface area contributed by atoms with Crippen molar-refractivity contribution in [1.82, 2.24) is 15.5 Å². The Morgan fingerprint density at radius 3 is 2.47 bits per heavy atom. The van der Waals surface area contributed by atoms with Gasteiger partial charge < -0.3 is 9.84 Å². The molecule has 0 amide bonds. The van der Waals surface area contributed by atoms with Gasteiger partial charge in [-0.05, 0) is 20.8 Å². The van der Waals surface area contributed by atoms with Crippen LogP contribution in [0.4, 0.5) is 0 Å². The Hall–Kier alpha value is -0.950. The molecule has 0 fully saturated rings. The van der Waals surface area contributed by atoms with E-state index >= 15 is 0 Å². The van der Waals surface area contributed by atoms with Gasteiger partial charge in [0.25, 0.3) is 0 Å². The van der Waals surface area contributed by atoms with Crippen LogP contribution in [0.5, 0.6) is 0 Å². The zero-order chi connectivity index (χ0) is 13.1. The van der Waals surface area contributed by atoms with Gasteiger partial charge in [-0.3, -0.25) is 0 Å². The van der Waals surface area contributed by atoms with Crippen LogP contribution >= 0.6 is 0 Å². The minimum atomic E-state index is -3.07. The molecule has 0 unspecified atom stereocenters. The van der Waals surface area contributed by atoms with E-state index in [1.807, 2.05) is 0 Å². The molecule has 0 aliphatic carbocycles. The largest absolute Gasteiger partial charge is 0.340 e. The fourth-order valence-corrected chi connectivity index (χ4v) is 2.15. The van der Waals surface area contributed by atoms with Gasteiger partial charge in [0, 0.05) is 13.5 Å². The Balaban J connectivity index is 2.34. The van der Waals surface area contributed by atoms with E-state index in [1.165, 1.54) is 0 Å². The molecule has 0 saturated heterocycles. The summed E-state index contributed by atoms with van der Waals surface area (Å²) in [6, 6.07) is 0. The Morgan fingerprint density at radius 2 is 2.00 bits per heavy atom. The molecule has 1 N–H and O–H groups in total. The molecule has 0 saturated carbocycles. The van der Waals surface area contributed by atoms with Gasteiger partial charge >= 0.3 is 0 Å². The normalized spacial score (nSPS) is 12.9. The zero-order valence-electron chi connectivity index (χ0n) is 10.6. The summed E-state index contributed by atoms with van der Waals surface area (Å²) >= 11 is 0. The number of hydrogen-bond donors (Lipinski definition) is 1. The molecule has 1 heterocycles. The minimum absolute atomic E-state index is 0.104. The number of sulfone groups is 1. The van der Waals surface area contributed by atoms with Crippen LogP contribution in [-0.2, 0) is 16.4 Å². The fourth-order valence-electron chi connectivity index (χ4n) is 1.13. The first-order valence-electron chi connectivity index (χ1n) is 5.44. The third-order valence-electron chi connectivity index (χ3n) is 2.33. The lowest BCUT2D eigenvalue weighted by atomic mass is 10.3. The van der Waals surface area contributed by atoms with E-state index in [0.29, 0.717) is 24.8 Å². The summed E-state index contributed by atoms with van der Waals surface area (Å²) in [6.07, 6.45) is 0. The monoisotopic (exact) mass is 261 g/mol. The van der Waals surface area contributed by atoms with Crippen molar-refractivity contribution in [3.63, 3.8) is 0 Å². The molecule has 0 radical (unpaired) electrons. The molecule has 6 nitrogen and oxygen atoms in total. The van der Waals surface area contributed by atoms with Gasteiger partial charge in [-0.2, -0.15) is 4.98 Å². The molecule has 0 aliphatic heterocycles. The lowest BCUT2D eigenvalue weighted by Crippen LogP contribution is -2.34. The van der Waals surface area contributed by atoms with Crippen molar-refractivity contribution in [1.29, 1.82) is 0 Å². The van der Waals surface area contributed by atoms with Crippen molar-refractivity contribution in [3.8, 4) is 0 Å². The average molecular weight is 261 g/mol. The van der Waals surface area contributed by atoms with Crippen molar-refractivity contribution in [2.45, 2.75) is 39.0 Å². The number of aromatic nitrogens is 2. The van der Waals surface area contributed by atoms with Crippen LogP contribution in [-0.4, -0.2) is 35.6 Å². The van der Waals surface area contributed by atoms with Crippen LogP contribution in [0.2, 0.25) is 0 Å². The second kappa shape index (κ2) is 5.14. The Labute approximate surface area is 102 Å². The standard InChI is InChI=1S/C10H19N3O3S/c1-8-12-9(13-16-8)7-11-5-6-17(14,15)10(2,3)4/h11H,5-7H2,1-4H3. The third-order valence-corrected chi connectivity index (χ3v) is 4.94. The lowest BCUT2D eigenvalue weighted by molar-refractivity contribution is 0.385. The molecular formula is C10H19N3O3S. The van der Waals surface area contributed by atoms with Crippen molar-refractivity contribution in [2.24, 2.45) is 0 Å². The first-order valence-corrected chi connectivity index (χ1v) is 7.10. The molecule has 0 bridgehead atoms. The number of nitrogens with one attached hydrogen (secondary N) is 1. The van der Waals surface area contributed by atoms with E-state index in [-0.39, 0.29) is 5.75 Å². The summed E-state index contributed by atoms with van der Waals surface area (Å²) in [5.41, 5.74) is 0. The molecule has 0 atom stereocenters. The van der Waals surface area contributed by atoms with Gasteiger partial charge in [0.15, 0.2) is 15.7 Å². The van der Waals surface area contributed by atoms with Gasteiger partial charge in [0.05, 0.1) is 17.0 Å². The highest BCUT2D eigenvalue weighted by Gasteiger charge is 2.27. The molecule has 98 valence electrons. The summed E-state index contributed by atoms with van der Waals surface area (Å²) in [7, 11) is -3.07. The van der Waals surface area contributed by atoms with Crippen LogP contribution in [0.3, 0.4) is 0 Å². The van der Waals surface area contributed by atoms with Gasteiger partial charge in [0.2, 0.25) is 5.89 Å². The molecule has 0 spiro atoms. The Kier molecular flexibility index (Phi) is 4.26. The topological polar surface area (TPSA) is 85.1 Å². The van der Waals surface area contributed by atoms with E-state index in [0.717, 1.165) is 0 Å². The first-order chi connectivity index (χ1) is 7.72. The van der Waals surface area contributed by atoms with E-state index in [2.05, 4.69) is 15.5 Å². The third kappa shape index (κ3) is 4.08. The maximum atomic E-state index is 11.8. The van der Waals surface area contributed by atoms with Gasteiger partial charge in [0.1, 0.15) is 0 Å². The highest BCUT2D eigenvalue weighted by molar-refractivity contribution is 7.92. The van der Waals surface area contributed by atoms with Crippen LogP contribution in [0.25, 0.3) is 0 Å². The molecule has 7 heteroatoms. The van der Waals surface area contributed by atoms with Crippen molar-refractivity contribution >= 4 is 9.84 Å². The van der Waals surface area contributed by atoms with Crippen molar-refractivity contribution in [3.05, 3.63) is 11.7 Å². The van der Waals surface area contributed by atoms with E-state index in [4.69, 9.17) is 4.52 Å². The predicted molar refractivity (Wildman–Crippen MR) is 64.3 cm³/mol. The molecule has 0 aliphatic rings. The number of rotatable bonds is 5. The SMILES string of the molecule is Cc1nc(CNCCS(=O)(=O)C(C)(C)C)no1. The molecule has 1 aromatic heterocycles. The second-order valence-electron chi connectivity index (χ2n) is 4.84.